The Morgan fingerprint density at radius 3 is 2.65 bits per heavy atom. The highest BCUT2D eigenvalue weighted by Gasteiger charge is 2.44. The largest absolute Gasteiger partial charge is 0.503 e. The van der Waals surface area contributed by atoms with Gasteiger partial charge in [-0.1, -0.05) is 0 Å². The molecule has 11 heteroatoms. The smallest absolute Gasteiger partial charge is 0.290 e. The van der Waals surface area contributed by atoms with Gasteiger partial charge in [-0.2, -0.15) is 0 Å². The summed E-state index contributed by atoms with van der Waals surface area (Å²) in [6.07, 6.45) is 5.76. The van der Waals surface area contributed by atoms with E-state index in [0.717, 1.165) is 0 Å². The number of phenolic OH excluding ortho intramolecular Hbond substituents is 1. The maximum atomic E-state index is 13.6. The van der Waals surface area contributed by atoms with Crippen LogP contribution in [0.5, 0.6) is 11.5 Å². The van der Waals surface area contributed by atoms with Crippen LogP contribution < -0.4 is 4.74 Å². The Morgan fingerprint density at radius 1 is 1.26 bits per heavy atom. The molecule has 0 bridgehead atoms. The molecule has 1 unspecified atom stereocenters. The first-order valence-corrected chi connectivity index (χ1v) is 12.1. The molecule has 1 atom stereocenters. The Balaban J connectivity index is 1.76. The standard InChI is InChI=1S/C23H23BrN4O5S/c1-12-22(34-13(2)26-12)20(30)17-18(14-9-15(24)19(29)16(10-14)33-3)28(23(32)21(17)31)7-4-6-27-8-5-25-11-27/h5,8-11,18,29,31H,4,6-7H2,1-3H3. The Kier molecular flexibility index (Phi) is 6.76. The summed E-state index contributed by atoms with van der Waals surface area (Å²) in [5.74, 6) is -1.57. The summed E-state index contributed by atoms with van der Waals surface area (Å²) in [5.41, 5.74) is 1.05. The maximum Gasteiger partial charge on any atom is 0.290 e. The lowest BCUT2D eigenvalue weighted by atomic mass is 9.94. The van der Waals surface area contributed by atoms with Crippen molar-refractivity contribution in [2.24, 2.45) is 0 Å². The van der Waals surface area contributed by atoms with Crippen LogP contribution in [0.15, 0.2) is 46.7 Å². The van der Waals surface area contributed by atoms with E-state index in [1.807, 2.05) is 10.8 Å². The summed E-state index contributed by atoms with van der Waals surface area (Å²) >= 11 is 4.54. The zero-order chi connectivity index (χ0) is 24.6. The number of rotatable bonds is 8. The van der Waals surface area contributed by atoms with Gasteiger partial charge in [-0.25, -0.2) is 9.97 Å². The van der Waals surface area contributed by atoms with Crippen LogP contribution in [0.25, 0.3) is 0 Å². The van der Waals surface area contributed by atoms with Crippen molar-refractivity contribution in [3.05, 3.63) is 67.8 Å². The summed E-state index contributed by atoms with van der Waals surface area (Å²) in [6, 6.07) is 2.32. The number of phenols is 1. The molecule has 0 aliphatic carbocycles. The number of aliphatic hydroxyl groups excluding tert-OH is 1. The molecule has 0 saturated carbocycles. The summed E-state index contributed by atoms with van der Waals surface area (Å²) in [7, 11) is 1.41. The molecule has 1 aliphatic rings. The number of aliphatic hydroxyl groups is 1. The van der Waals surface area contributed by atoms with Crippen LogP contribution in [0.3, 0.4) is 0 Å². The number of halogens is 1. The van der Waals surface area contributed by atoms with Gasteiger partial charge < -0.3 is 24.4 Å². The van der Waals surface area contributed by atoms with Crippen molar-refractivity contribution >= 4 is 39.0 Å². The van der Waals surface area contributed by atoms with Gasteiger partial charge in [0.25, 0.3) is 5.91 Å². The van der Waals surface area contributed by atoms with Gasteiger partial charge >= 0.3 is 0 Å². The van der Waals surface area contributed by atoms with Gasteiger partial charge in [-0.15, -0.1) is 11.3 Å². The minimum absolute atomic E-state index is 0.0148. The van der Waals surface area contributed by atoms with E-state index in [9.17, 15) is 19.8 Å². The van der Waals surface area contributed by atoms with E-state index >= 15 is 0 Å². The molecule has 0 radical (unpaired) electrons. The first-order valence-electron chi connectivity index (χ1n) is 10.5. The van der Waals surface area contributed by atoms with Crippen molar-refractivity contribution in [1.29, 1.82) is 0 Å². The fourth-order valence-electron chi connectivity index (χ4n) is 4.08. The molecule has 0 fully saturated rings. The van der Waals surface area contributed by atoms with Gasteiger partial charge in [-0.3, -0.25) is 9.59 Å². The van der Waals surface area contributed by atoms with Crippen molar-refractivity contribution in [1.82, 2.24) is 19.4 Å². The number of amides is 1. The molecule has 34 heavy (non-hydrogen) atoms. The third-order valence-electron chi connectivity index (χ3n) is 5.62. The molecule has 4 rings (SSSR count). The topological polar surface area (TPSA) is 118 Å². The highest BCUT2D eigenvalue weighted by molar-refractivity contribution is 9.10. The Labute approximate surface area is 208 Å². The number of carbonyl (C=O) groups excluding carboxylic acids is 2. The summed E-state index contributed by atoms with van der Waals surface area (Å²) in [5, 5.41) is 21.9. The van der Waals surface area contributed by atoms with Crippen LogP contribution in [0.1, 0.15) is 38.4 Å². The SMILES string of the molecule is COc1cc(C2C(C(=O)c3sc(C)nc3C)=C(O)C(=O)N2CCCn2ccnc2)cc(Br)c1O. The maximum absolute atomic E-state index is 13.6. The molecule has 9 nitrogen and oxygen atoms in total. The number of thiazole rings is 1. The normalized spacial score (nSPS) is 15.9. The second-order valence-corrected chi connectivity index (χ2v) is 9.91. The average molecular weight is 547 g/mol. The van der Waals surface area contributed by atoms with E-state index in [4.69, 9.17) is 4.74 Å². The number of imidazole rings is 1. The van der Waals surface area contributed by atoms with Crippen molar-refractivity contribution in [3.63, 3.8) is 0 Å². The van der Waals surface area contributed by atoms with Crippen LogP contribution >= 0.6 is 27.3 Å². The monoisotopic (exact) mass is 546 g/mol. The first kappa shape index (κ1) is 24.0. The van der Waals surface area contributed by atoms with E-state index in [0.29, 0.717) is 38.6 Å². The fourth-order valence-corrected chi connectivity index (χ4v) is 5.41. The van der Waals surface area contributed by atoms with Gasteiger partial charge in [0.15, 0.2) is 17.3 Å². The quantitative estimate of drug-likeness (QED) is 0.408. The van der Waals surface area contributed by atoms with Crippen LogP contribution in [0.4, 0.5) is 0 Å². The minimum Gasteiger partial charge on any atom is -0.503 e. The zero-order valence-electron chi connectivity index (χ0n) is 18.8. The van der Waals surface area contributed by atoms with Gasteiger partial charge in [-0.05, 0) is 53.9 Å². The molecule has 2 aromatic heterocycles. The van der Waals surface area contributed by atoms with E-state index < -0.39 is 23.5 Å². The summed E-state index contributed by atoms with van der Waals surface area (Å²) in [6.45, 7) is 4.41. The Bertz CT molecular complexity index is 1280. The van der Waals surface area contributed by atoms with Gasteiger partial charge in [0.1, 0.15) is 0 Å². The number of Topliss-reactive ketones (excluding diaryl/α,β-unsaturated/α-hetero) is 1. The number of nitrogens with zero attached hydrogens (tertiary/aromatic N) is 4. The predicted octanol–water partition coefficient (Wildman–Crippen LogP) is 4.10. The van der Waals surface area contributed by atoms with E-state index in [1.165, 1.54) is 23.3 Å². The summed E-state index contributed by atoms with van der Waals surface area (Å²) in [4.78, 5) is 37.0. The third-order valence-corrected chi connectivity index (χ3v) is 7.30. The predicted molar refractivity (Wildman–Crippen MR) is 129 cm³/mol. The number of ketones is 1. The van der Waals surface area contributed by atoms with Crippen LogP contribution in [-0.4, -0.2) is 55.0 Å². The Morgan fingerprint density at radius 2 is 2.03 bits per heavy atom. The molecule has 3 aromatic rings. The highest BCUT2D eigenvalue weighted by atomic mass is 79.9. The molecule has 3 heterocycles. The lowest BCUT2D eigenvalue weighted by Crippen LogP contribution is -2.32. The molecule has 0 saturated heterocycles. The van der Waals surface area contributed by atoms with Crippen molar-refractivity contribution in [2.45, 2.75) is 32.9 Å². The van der Waals surface area contributed by atoms with Gasteiger partial charge in [0.2, 0.25) is 5.78 Å². The second kappa shape index (κ2) is 9.59. The molecule has 2 N–H and O–H groups in total. The van der Waals surface area contributed by atoms with Crippen molar-refractivity contribution in [3.8, 4) is 11.5 Å². The first-order chi connectivity index (χ1) is 16.2. The third kappa shape index (κ3) is 4.32. The van der Waals surface area contributed by atoms with Gasteiger partial charge in [0, 0.05) is 25.5 Å². The van der Waals surface area contributed by atoms with E-state index in [1.54, 1.807) is 38.5 Å². The van der Waals surface area contributed by atoms with E-state index in [-0.39, 0.29) is 23.6 Å². The number of ether oxygens (including phenoxy) is 1. The lowest BCUT2D eigenvalue weighted by molar-refractivity contribution is -0.129. The van der Waals surface area contributed by atoms with Crippen LogP contribution in [0.2, 0.25) is 0 Å². The number of hydrogen-bond acceptors (Lipinski definition) is 8. The molecule has 1 amide bonds. The molecule has 1 aliphatic heterocycles. The Hall–Kier alpha value is -3.18. The lowest BCUT2D eigenvalue weighted by Gasteiger charge is -2.27. The van der Waals surface area contributed by atoms with Crippen LogP contribution in [0, 0.1) is 13.8 Å². The molecule has 178 valence electrons. The molecule has 1 aromatic carbocycles. The van der Waals surface area contributed by atoms with Crippen molar-refractivity contribution < 1.29 is 24.5 Å². The number of aromatic nitrogens is 3. The van der Waals surface area contributed by atoms with Crippen molar-refractivity contribution in [2.75, 3.05) is 13.7 Å². The molecular formula is C23H23BrN4O5S. The number of aromatic hydroxyl groups is 1. The minimum atomic E-state index is -0.865. The number of aryl methyl sites for hydroxylation is 3. The fraction of sp³-hybridized carbons (Fsp3) is 0.304. The highest BCUT2D eigenvalue weighted by Crippen LogP contribution is 2.44. The second-order valence-electron chi connectivity index (χ2n) is 7.85. The molecule has 0 spiro atoms. The zero-order valence-corrected chi connectivity index (χ0v) is 21.2. The number of hydrogen-bond donors (Lipinski definition) is 2. The van der Waals surface area contributed by atoms with Crippen LogP contribution in [-0.2, 0) is 11.3 Å². The van der Waals surface area contributed by atoms with E-state index in [2.05, 4.69) is 25.9 Å². The average Bonchev–Trinajstić information content (AvgIpc) is 3.50. The number of carbonyl (C=O) groups is 2. The summed E-state index contributed by atoms with van der Waals surface area (Å²) < 4.78 is 7.51. The number of benzene rings is 1. The molecular weight excluding hydrogens is 524 g/mol. The number of methoxy groups -OCH3 is 1. The van der Waals surface area contributed by atoms with Gasteiger partial charge in [0.05, 0.1) is 45.1 Å².